The Bertz CT molecular complexity index is 972. The molecule has 1 amide bonds. The number of halogens is 2. The SMILES string of the molecule is CC(C)C(=O)N(Cc1cc(Cl)ccc1OS(=O)(=O)c1ccc(F)cc1)C1CC1. The fourth-order valence-corrected chi connectivity index (χ4v) is 3.97. The van der Waals surface area contributed by atoms with Crippen LogP contribution in [-0.2, 0) is 21.5 Å². The van der Waals surface area contributed by atoms with Gasteiger partial charge >= 0.3 is 10.1 Å². The summed E-state index contributed by atoms with van der Waals surface area (Å²) in [6.45, 7) is 3.86. The van der Waals surface area contributed by atoms with E-state index in [2.05, 4.69) is 0 Å². The Hall–Kier alpha value is -2.12. The van der Waals surface area contributed by atoms with Crippen molar-refractivity contribution < 1.29 is 21.8 Å². The largest absolute Gasteiger partial charge is 0.379 e. The van der Waals surface area contributed by atoms with Crippen LogP contribution in [0, 0.1) is 11.7 Å². The minimum Gasteiger partial charge on any atom is -0.379 e. The molecule has 3 rings (SSSR count). The molecule has 2 aromatic carbocycles. The van der Waals surface area contributed by atoms with E-state index in [0.29, 0.717) is 10.6 Å². The lowest BCUT2D eigenvalue weighted by molar-refractivity contribution is -0.135. The van der Waals surface area contributed by atoms with Crippen molar-refractivity contribution in [2.45, 2.75) is 44.2 Å². The Balaban J connectivity index is 1.90. The van der Waals surface area contributed by atoms with E-state index in [1.807, 2.05) is 13.8 Å². The van der Waals surface area contributed by atoms with Gasteiger partial charge in [-0.25, -0.2) is 4.39 Å². The molecule has 0 saturated heterocycles. The molecule has 0 bridgehead atoms. The Morgan fingerprint density at radius 1 is 1.21 bits per heavy atom. The molecule has 28 heavy (non-hydrogen) atoms. The monoisotopic (exact) mass is 425 g/mol. The quantitative estimate of drug-likeness (QED) is 0.617. The lowest BCUT2D eigenvalue weighted by Crippen LogP contribution is -2.35. The summed E-state index contributed by atoms with van der Waals surface area (Å²) in [5, 5.41) is 0.411. The van der Waals surface area contributed by atoms with Gasteiger partial charge in [-0.1, -0.05) is 25.4 Å². The van der Waals surface area contributed by atoms with Crippen LogP contribution in [0.5, 0.6) is 5.75 Å². The molecule has 0 radical (unpaired) electrons. The summed E-state index contributed by atoms with van der Waals surface area (Å²) >= 11 is 6.09. The van der Waals surface area contributed by atoms with E-state index < -0.39 is 15.9 Å². The highest BCUT2D eigenvalue weighted by molar-refractivity contribution is 7.87. The molecule has 1 aliphatic carbocycles. The van der Waals surface area contributed by atoms with Gasteiger partial charge in [0.1, 0.15) is 16.5 Å². The smallest absolute Gasteiger partial charge is 0.339 e. The summed E-state index contributed by atoms with van der Waals surface area (Å²) in [7, 11) is -4.16. The molecule has 1 aliphatic rings. The highest BCUT2D eigenvalue weighted by Gasteiger charge is 2.34. The van der Waals surface area contributed by atoms with Crippen molar-refractivity contribution in [3.8, 4) is 5.75 Å². The molecule has 0 heterocycles. The van der Waals surface area contributed by atoms with Crippen LogP contribution in [0.3, 0.4) is 0 Å². The van der Waals surface area contributed by atoms with Crippen molar-refractivity contribution in [2.24, 2.45) is 5.92 Å². The number of carbonyl (C=O) groups is 1. The summed E-state index contributed by atoms with van der Waals surface area (Å²) in [5.74, 6) is -0.628. The van der Waals surface area contributed by atoms with E-state index in [9.17, 15) is 17.6 Å². The Morgan fingerprint density at radius 2 is 1.86 bits per heavy atom. The van der Waals surface area contributed by atoms with E-state index in [4.69, 9.17) is 15.8 Å². The summed E-state index contributed by atoms with van der Waals surface area (Å²) in [5.41, 5.74) is 0.499. The molecule has 8 heteroatoms. The zero-order valence-electron chi connectivity index (χ0n) is 15.6. The molecule has 1 fully saturated rings. The molecule has 0 aliphatic heterocycles. The van der Waals surface area contributed by atoms with E-state index >= 15 is 0 Å². The molecule has 0 spiro atoms. The van der Waals surface area contributed by atoms with E-state index in [1.165, 1.54) is 12.1 Å². The average Bonchev–Trinajstić information content (AvgIpc) is 3.46. The second-order valence-electron chi connectivity index (χ2n) is 7.10. The minimum absolute atomic E-state index is 0.00480. The predicted molar refractivity (Wildman–Crippen MR) is 104 cm³/mol. The molecule has 0 unspecified atom stereocenters. The Labute approximate surface area is 169 Å². The third-order valence-electron chi connectivity index (χ3n) is 4.43. The van der Waals surface area contributed by atoms with Gasteiger partial charge in [-0.05, 0) is 55.3 Å². The second kappa shape index (κ2) is 8.09. The van der Waals surface area contributed by atoms with Gasteiger partial charge in [0.15, 0.2) is 0 Å². The van der Waals surface area contributed by atoms with Crippen molar-refractivity contribution in [1.29, 1.82) is 0 Å². The third kappa shape index (κ3) is 4.83. The number of amides is 1. The minimum atomic E-state index is -4.16. The van der Waals surface area contributed by atoms with Gasteiger partial charge in [-0.15, -0.1) is 0 Å². The van der Waals surface area contributed by atoms with Crippen LogP contribution >= 0.6 is 11.6 Å². The van der Waals surface area contributed by atoms with E-state index in [-0.39, 0.29) is 35.1 Å². The lowest BCUT2D eigenvalue weighted by Gasteiger charge is -2.25. The van der Waals surface area contributed by atoms with Gasteiger partial charge in [0, 0.05) is 29.1 Å². The molecule has 0 N–H and O–H groups in total. The number of nitrogens with zero attached hydrogens (tertiary/aromatic N) is 1. The van der Waals surface area contributed by atoms with Crippen LogP contribution in [-0.4, -0.2) is 25.3 Å². The van der Waals surface area contributed by atoms with E-state index in [0.717, 1.165) is 37.1 Å². The second-order valence-corrected chi connectivity index (χ2v) is 9.08. The maximum Gasteiger partial charge on any atom is 0.339 e. The molecule has 150 valence electrons. The summed E-state index contributed by atoms with van der Waals surface area (Å²) in [6, 6.07) is 9.11. The summed E-state index contributed by atoms with van der Waals surface area (Å²) in [6.07, 6.45) is 1.84. The number of hydrogen-bond acceptors (Lipinski definition) is 4. The predicted octanol–water partition coefficient (Wildman–Crippen LogP) is 4.39. The standard InChI is InChI=1S/C20H21ClFNO4S/c1-13(2)20(24)23(17-6-7-17)12-14-11-15(21)3-10-19(14)27-28(25,26)18-8-4-16(22)5-9-18/h3-5,8-11,13,17H,6-7,12H2,1-2H3. The highest BCUT2D eigenvalue weighted by atomic mass is 35.5. The van der Waals surface area contributed by atoms with Gasteiger partial charge in [0.2, 0.25) is 5.91 Å². The summed E-state index contributed by atoms with van der Waals surface area (Å²) < 4.78 is 43.5. The topological polar surface area (TPSA) is 63.7 Å². The van der Waals surface area contributed by atoms with Crippen molar-refractivity contribution in [2.75, 3.05) is 0 Å². The lowest BCUT2D eigenvalue weighted by atomic mass is 10.1. The first-order valence-corrected chi connectivity index (χ1v) is 10.7. The van der Waals surface area contributed by atoms with Crippen molar-refractivity contribution in [3.05, 3.63) is 58.9 Å². The molecular formula is C20H21ClFNO4S. The average molecular weight is 426 g/mol. The van der Waals surface area contributed by atoms with Gasteiger partial charge in [0.25, 0.3) is 0 Å². The van der Waals surface area contributed by atoms with Crippen LogP contribution in [0.1, 0.15) is 32.3 Å². The number of hydrogen-bond donors (Lipinski definition) is 0. The molecule has 5 nitrogen and oxygen atoms in total. The first kappa shape index (κ1) is 20.6. The molecule has 0 atom stereocenters. The maximum atomic E-state index is 13.1. The van der Waals surface area contributed by atoms with Crippen LogP contribution in [0.2, 0.25) is 5.02 Å². The van der Waals surface area contributed by atoms with Crippen LogP contribution < -0.4 is 4.18 Å². The van der Waals surface area contributed by atoms with Crippen molar-refractivity contribution in [3.63, 3.8) is 0 Å². The first-order valence-electron chi connectivity index (χ1n) is 8.96. The number of benzene rings is 2. The number of carbonyl (C=O) groups excluding carboxylic acids is 1. The zero-order chi connectivity index (χ0) is 20.5. The van der Waals surface area contributed by atoms with Gasteiger partial charge < -0.3 is 9.08 Å². The first-order chi connectivity index (χ1) is 13.2. The molecular weight excluding hydrogens is 405 g/mol. The van der Waals surface area contributed by atoms with Gasteiger partial charge in [-0.2, -0.15) is 8.42 Å². The molecule has 1 saturated carbocycles. The van der Waals surface area contributed by atoms with Gasteiger partial charge in [-0.3, -0.25) is 4.79 Å². The molecule has 0 aromatic heterocycles. The van der Waals surface area contributed by atoms with Crippen molar-refractivity contribution in [1.82, 2.24) is 4.90 Å². The van der Waals surface area contributed by atoms with Crippen LogP contribution in [0.25, 0.3) is 0 Å². The normalized spacial score (nSPS) is 14.2. The zero-order valence-corrected chi connectivity index (χ0v) is 17.1. The van der Waals surface area contributed by atoms with Crippen LogP contribution in [0.4, 0.5) is 4.39 Å². The third-order valence-corrected chi connectivity index (χ3v) is 5.91. The van der Waals surface area contributed by atoms with E-state index in [1.54, 1.807) is 11.0 Å². The fraction of sp³-hybridized carbons (Fsp3) is 0.350. The summed E-state index contributed by atoms with van der Waals surface area (Å²) in [4.78, 5) is 14.1. The molecule has 2 aromatic rings. The van der Waals surface area contributed by atoms with Crippen LogP contribution in [0.15, 0.2) is 47.4 Å². The van der Waals surface area contributed by atoms with Gasteiger partial charge in [0.05, 0.1) is 0 Å². The Kier molecular flexibility index (Phi) is 5.95. The van der Waals surface area contributed by atoms with Crippen molar-refractivity contribution >= 4 is 27.6 Å². The Morgan fingerprint density at radius 3 is 2.43 bits per heavy atom. The fourth-order valence-electron chi connectivity index (χ4n) is 2.81. The highest BCUT2D eigenvalue weighted by Crippen LogP contribution is 2.33. The maximum absolute atomic E-state index is 13.1. The number of rotatable bonds is 7.